The third-order valence-corrected chi connectivity index (χ3v) is 8.29. The number of ketones is 1. The molecule has 0 aromatic rings. The van der Waals surface area contributed by atoms with Crippen molar-refractivity contribution >= 4 is 15.8 Å². The van der Waals surface area contributed by atoms with Crippen LogP contribution in [-0.4, -0.2) is 51.0 Å². The van der Waals surface area contributed by atoms with E-state index >= 15 is 0 Å². The summed E-state index contributed by atoms with van der Waals surface area (Å²) in [7, 11) is -3.41. The first-order valence-electron chi connectivity index (χ1n) is 9.00. The van der Waals surface area contributed by atoms with Crippen molar-refractivity contribution in [3.8, 4) is 0 Å². The maximum absolute atomic E-state index is 12.6. The Hall–Kier alpha value is -0.460. The number of hydrogen-bond donors (Lipinski definition) is 1. The van der Waals surface area contributed by atoms with Crippen molar-refractivity contribution in [1.82, 2.24) is 9.62 Å². The molecule has 1 heterocycles. The molecule has 0 unspecified atom stereocenters. The summed E-state index contributed by atoms with van der Waals surface area (Å²) >= 11 is 0. The maximum Gasteiger partial charge on any atom is 0.212 e. The molecular formula is C17H30N2O3S. The van der Waals surface area contributed by atoms with Gasteiger partial charge in [-0.2, -0.15) is 0 Å². The van der Waals surface area contributed by atoms with E-state index in [0.717, 1.165) is 32.5 Å². The summed E-state index contributed by atoms with van der Waals surface area (Å²) in [6.07, 6.45) is 5.98. The highest BCUT2D eigenvalue weighted by molar-refractivity contribution is 7.89. The van der Waals surface area contributed by atoms with E-state index in [1.165, 1.54) is 19.3 Å². The van der Waals surface area contributed by atoms with Gasteiger partial charge in [-0.05, 0) is 50.1 Å². The topological polar surface area (TPSA) is 66.5 Å². The average Bonchev–Trinajstić information content (AvgIpc) is 2.82. The van der Waals surface area contributed by atoms with E-state index in [4.69, 9.17) is 0 Å². The second-order valence-corrected chi connectivity index (χ2v) is 10.0. The summed E-state index contributed by atoms with van der Waals surface area (Å²) in [5.74, 6) is 0.501. The number of hydrogen-bond acceptors (Lipinski definition) is 4. The molecule has 2 aliphatic carbocycles. The molecule has 0 radical (unpaired) electrons. The van der Waals surface area contributed by atoms with Crippen molar-refractivity contribution in [3.05, 3.63) is 0 Å². The number of Topliss-reactive ketones (excluding diaryl/α,β-unsaturated/α-hetero) is 1. The molecule has 2 saturated carbocycles. The molecular weight excluding hydrogens is 312 g/mol. The lowest BCUT2D eigenvalue weighted by Gasteiger charge is -2.36. The molecule has 3 rings (SSSR count). The largest absolute Gasteiger partial charge is 0.302 e. The van der Waals surface area contributed by atoms with Gasteiger partial charge in [0.25, 0.3) is 0 Å². The summed E-state index contributed by atoms with van der Waals surface area (Å²) in [5.41, 5.74) is -0.847. The zero-order valence-corrected chi connectivity index (χ0v) is 15.3. The van der Waals surface area contributed by atoms with Crippen LogP contribution in [0.25, 0.3) is 0 Å². The first-order chi connectivity index (χ1) is 10.8. The zero-order valence-electron chi connectivity index (χ0n) is 14.4. The monoisotopic (exact) mass is 342 g/mol. The van der Waals surface area contributed by atoms with Crippen molar-refractivity contribution < 1.29 is 13.2 Å². The van der Waals surface area contributed by atoms with E-state index in [1.54, 1.807) is 0 Å². The van der Waals surface area contributed by atoms with Crippen molar-refractivity contribution in [1.29, 1.82) is 0 Å². The van der Waals surface area contributed by atoms with E-state index in [-0.39, 0.29) is 17.0 Å². The van der Waals surface area contributed by atoms with Gasteiger partial charge in [0, 0.05) is 24.9 Å². The molecule has 5 nitrogen and oxygen atoms in total. The lowest BCUT2D eigenvalue weighted by molar-refractivity contribution is -0.128. The van der Waals surface area contributed by atoms with Crippen LogP contribution >= 0.6 is 0 Å². The van der Waals surface area contributed by atoms with Crippen LogP contribution in [0.3, 0.4) is 0 Å². The number of piperidine rings is 1. The number of nitrogens with zero attached hydrogens (tertiary/aromatic N) is 1. The number of likely N-dealkylation sites (tertiary alicyclic amines) is 1. The molecule has 2 bridgehead atoms. The molecule has 3 fully saturated rings. The van der Waals surface area contributed by atoms with Crippen LogP contribution in [0.2, 0.25) is 0 Å². The van der Waals surface area contributed by atoms with Gasteiger partial charge in [0.15, 0.2) is 0 Å². The van der Waals surface area contributed by atoms with Gasteiger partial charge < -0.3 is 4.90 Å². The van der Waals surface area contributed by atoms with Crippen LogP contribution in [0, 0.1) is 16.7 Å². The highest BCUT2D eigenvalue weighted by atomic mass is 32.2. The lowest BCUT2D eigenvalue weighted by atomic mass is 9.70. The van der Waals surface area contributed by atoms with Crippen molar-refractivity contribution in [2.24, 2.45) is 16.7 Å². The third-order valence-electron chi connectivity index (χ3n) is 6.77. The van der Waals surface area contributed by atoms with Crippen LogP contribution in [0.1, 0.15) is 52.4 Å². The van der Waals surface area contributed by atoms with Crippen LogP contribution in [-0.2, 0) is 14.8 Å². The van der Waals surface area contributed by atoms with Gasteiger partial charge >= 0.3 is 0 Å². The average molecular weight is 343 g/mol. The van der Waals surface area contributed by atoms with Crippen LogP contribution < -0.4 is 4.72 Å². The fraction of sp³-hybridized carbons (Fsp3) is 0.941. The smallest absolute Gasteiger partial charge is 0.212 e. The minimum Gasteiger partial charge on any atom is -0.302 e. The van der Waals surface area contributed by atoms with Gasteiger partial charge in [-0.25, -0.2) is 13.1 Å². The molecule has 6 heteroatoms. The molecule has 3 aliphatic rings. The molecule has 1 saturated heterocycles. The van der Waals surface area contributed by atoms with E-state index in [1.807, 2.05) is 0 Å². The predicted molar refractivity (Wildman–Crippen MR) is 90.6 cm³/mol. The van der Waals surface area contributed by atoms with E-state index in [9.17, 15) is 13.2 Å². The van der Waals surface area contributed by atoms with Gasteiger partial charge in [-0.3, -0.25) is 4.79 Å². The normalized spacial score (nSPS) is 34.2. The zero-order chi connectivity index (χ0) is 16.7. The van der Waals surface area contributed by atoms with Crippen LogP contribution in [0.15, 0.2) is 0 Å². The first-order valence-corrected chi connectivity index (χ1v) is 10.7. The van der Waals surface area contributed by atoms with Crippen molar-refractivity contribution in [3.63, 3.8) is 0 Å². The summed E-state index contributed by atoms with van der Waals surface area (Å²) in [5, 5.41) is 0. The van der Waals surface area contributed by atoms with Crippen molar-refractivity contribution in [2.45, 2.75) is 52.4 Å². The quantitative estimate of drug-likeness (QED) is 0.799. The second-order valence-electron chi connectivity index (χ2n) is 8.22. The highest BCUT2D eigenvalue weighted by Crippen LogP contribution is 2.64. The Kier molecular flexibility index (Phi) is 4.62. The molecule has 1 aliphatic heterocycles. The number of fused-ring (bicyclic) bond motifs is 2. The molecule has 0 aromatic heterocycles. The molecule has 2 atom stereocenters. The Morgan fingerprint density at radius 1 is 1.22 bits per heavy atom. The standard InChI is InChI=1S/C17H30N2O3S/c1-16(2)14-6-7-17(16,15(20)12-14)13-23(21,22)18-8-11-19-9-4-3-5-10-19/h14,18H,3-13H2,1-2H3/t14-,17+/m0/s1. The Balaban J connectivity index is 1.59. The molecule has 0 amide bonds. The fourth-order valence-corrected chi connectivity index (χ4v) is 6.86. The summed E-state index contributed by atoms with van der Waals surface area (Å²) in [6, 6.07) is 0. The molecule has 0 spiro atoms. The number of sulfonamides is 1. The van der Waals surface area contributed by atoms with Gasteiger partial charge in [0.1, 0.15) is 5.78 Å². The minimum absolute atomic E-state index is 0.0255. The molecule has 132 valence electrons. The van der Waals surface area contributed by atoms with Gasteiger partial charge in [-0.1, -0.05) is 20.3 Å². The summed E-state index contributed by atoms with van der Waals surface area (Å²) in [4.78, 5) is 14.8. The summed E-state index contributed by atoms with van der Waals surface area (Å²) < 4.78 is 27.9. The Morgan fingerprint density at radius 2 is 1.91 bits per heavy atom. The number of carbonyl (C=O) groups is 1. The molecule has 1 N–H and O–H groups in total. The van der Waals surface area contributed by atoms with Gasteiger partial charge in [-0.15, -0.1) is 0 Å². The number of nitrogens with one attached hydrogen (secondary N) is 1. The van der Waals surface area contributed by atoms with Gasteiger partial charge in [0.05, 0.1) is 5.75 Å². The Bertz CT molecular complexity index is 566. The molecule has 23 heavy (non-hydrogen) atoms. The SMILES string of the molecule is CC1(C)[C@H]2CC[C@@]1(CS(=O)(=O)NCCN1CCCCC1)C(=O)C2. The van der Waals surface area contributed by atoms with E-state index in [2.05, 4.69) is 23.5 Å². The fourth-order valence-electron chi connectivity index (χ4n) is 5.03. The predicted octanol–water partition coefficient (Wildman–Crippen LogP) is 1.79. The van der Waals surface area contributed by atoms with Gasteiger partial charge in [0.2, 0.25) is 10.0 Å². The second kappa shape index (κ2) is 6.12. The Morgan fingerprint density at radius 3 is 2.48 bits per heavy atom. The Labute approximate surface area is 140 Å². The third kappa shape index (κ3) is 3.10. The number of rotatable bonds is 6. The lowest BCUT2D eigenvalue weighted by Crippen LogP contribution is -2.46. The van der Waals surface area contributed by atoms with Crippen molar-refractivity contribution in [2.75, 3.05) is 31.9 Å². The maximum atomic E-state index is 12.6. The van der Waals surface area contributed by atoms with Crippen LogP contribution in [0.5, 0.6) is 0 Å². The summed E-state index contributed by atoms with van der Waals surface area (Å²) in [6.45, 7) is 7.53. The number of carbonyl (C=O) groups excluding carboxylic acids is 1. The molecule has 0 aromatic carbocycles. The first kappa shape index (κ1) is 17.4. The van der Waals surface area contributed by atoms with E-state index < -0.39 is 15.4 Å². The highest BCUT2D eigenvalue weighted by Gasteiger charge is 2.65. The minimum atomic E-state index is -3.41. The van der Waals surface area contributed by atoms with Crippen LogP contribution in [0.4, 0.5) is 0 Å². The van der Waals surface area contributed by atoms with E-state index in [0.29, 0.717) is 18.9 Å².